The fourth-order valence-electron chi connectivity index (χ4n) is 5.32. The minimum Gasteiger partial charge on any atom is -0.495 e. The first-order valence-electron chi connectivity index (χ1n) is 15.9. The molecule has 10 nitrogen and oxygen atoms in total. The van der Waals surface area contributed by atoms with Crippen LogP contribution in [0.1, 0.15) is 30.9 Å². The molecule has 1 atom stereocenters. The van der Waals surface area contributed by atoms with Crippen LogP contribution in [0, 0.1) is 0 Å². The van der Waals surface area contributed by atoms with Crippen LogP contribution < -0.4 is 23.8 Å². The zero-order chi connectivity index (χ0) is 35.4. The highest BCUT2D eigenvalue weighted by atomic mass is 35.5. The molecule has 260 valence electrons. The zero-order valence-electron chi connectivity index (χ0n) is 28.1. The Bertz CT molecular complexity index is 1810. The Hall–Kier alpha value is -4.74. The number of hydrogen-bond donors (Lipinski definition) is 1. The van der Waals surface area contributed by atoms with E-state index < -0.39 is 28.5 Å². The monoisotopic (exact) mass is 707 g/mol. The third kappa shape index (κ3) is 9.45. The van der Waals surface area contributed by atoms with Crippen molar-refractivity contribution in [3.05, 3.63) is 113 Å². The van der Waals surface area contributed by atoms with E-state index in [0.717, 1.165) is 28.3 Å². The van der Waals surface area contributed by atoms with Crippen LogP contribution in [0.15, 0.2) is 102 Å². The van der Waals surface area contributed by atoms with Gasteiger partial charge in [-0.3, -0.25) is 13.9 Å². The number of carbonyl (C=O) groups excluding carboxylic acids is 2. The fourth-order valence-corrected chi connectivity index (χ4v) is 6.91. The van der Waals surface area contributed by atoms with Crippen LogP contribution in [0.3, 0.4) is 0 Å². The molecule has 0 saturated heterocycles. The molecular formula is C37H42ClN3O7S. The van der Waals surface area contributed by atoms with Crippen molar-refractivity contribution < 1.29 is 32.2 Å². The van der Waals surface area contributed by atoms with E-state index in [1.165, 1.54) is 56.6 Å². The number of sulfonamides is 1. The van der Waals surface area contributed by atoms with Crippen LogP contribution in [-0.4, -0.2) is 65.6 Å². The van der Waals surface area contributed by atoms with Gasteiger partial charge >= 0.3 is 0 Å². The van der Waals surface area contributed by atoms with Crippen molar-refractivity contribution in [2.45, 2.75) is 43.7 Å². The molecule has 1 N–H and O–H groups in total. The molecule has 4 rings (SSSR count). The van der Waals surface area contributed by atoms with Crippen molar-refractivity contribution in [3.8, 4) is 17.2 Å². The van der Waals surface area contributed by atoms with Gasteiger partial charge in [0.2, 0.25) is 11.8 Å². The summed E-state index contributed by atoms with van der Waals surface area (Å²) in [7, 11) is -0.235. The average molecular weight is 708 g/mol. The second kappa shape index (κ2) is 17.6. The highest BCUT2D eigenvalue weighted by Gasteiger charge is 2.36. The summed E-state index contributed by atoms with van der Waals surface area (Å²) in [4.78, 5) is 29.9. The van der Waals surface area contributed by atoms with Gasteiger partial charge in [-0.15, -0.1) is 0 Å². The van der Waals surface area contributed by atoms with Gasteiger partial charge in [0.25, 0.3) is 10.0 Å². The maximum atomic E-state index is 14.7. The quantitative estimate of drug-likeness (QED) is 0.132. The van der Waals surface area contributed by atoms with E-state index in [9.17, 15) is 18.0 Å². The molecule has 0 aliphatic rings. The first kappa shape index (κ1) is 37.1. The van der Waals surface area contributed by atoms with Gasteiger partial charge in [0, 0.05) is 30.6 Å². The third-order valence-electron chi connectivity index (χ3n) is 7.93. The van der Waals surface area contributed by atoms with Gasteiger partial charge in [-0.1, -0.05) is 85.6 Å². The van der Waals surface area contributed by atoms with Gasteiger partial charge < -0.3 is 24.4 Å². The summed E-state index contributed by atoms with van der Waals surface area (Å²) in [6.45, 7) is 1.84. The number of nitrogens with one attached hydrogen (secondary N) is 1. The summed E-state index contributed by atoms with van der Waals surface area (Å²) in [5, 5.41) is 3.22. The molecule has 0 unspecified atom stereocenters. The molecule has 0 aromatic heterocycles. The molecule has 49 heavy (non-hydrogen) atoms. The van der Waals surface area contributed by atoms with E-state index in [4.69, 9.17) is 25.8 Å². The molecular weight excluding hydrogens is 666 g/mol. The number of hydrogen-bond acceptors (Lipinski definition) is 7. The number of methoxy groups -OCH3 is 3. The summed E-state index contributed by atoms with van der Waals surface area (Å²) in [6.07, 6.45) is 1.85. The Balaban J connectivity index is 1.85. The number of amides is 2. The van der Waals surface area contributed by atoms with Crippen LogP contribution in [-0.2, 0) is 32.6 Å². The van der Waals surface area contributed by atoms with Crippen molar-refractivity contribution in [1.82, 2.24) is 10.2 Å². The maximum Gasteiger partial charge on any atom is 0.265 e. The number of nitrogens with zero attached hydrogens (tertiary/aromatic N) is 2. The molecule has 12 heteroatoms. The molecule has 0 aliphatic heterocycles. The number of benzene rings is 4. The Kier molecular flexibility index (Phi) is 13.3. The smallest absolute Gasteiger partial charge is 0.265 e. The second-order valence-electron chi connectivity index (χ2n) is 11.2. The van der Waals surface area contributed by atoms with Crippen molar-refractivity contribution >= 4 is 39.1 Å². The highest BCUT2D eigenvalue weighted by molar-refractivity contribution is 7.92. The van der Waals surface area contributed by atoms with Gasteiger partial charge in [0.05, 0.1) is 31.9 Å². The van der Waals surface area contributed by atoms with Crippen LogP contribution >= 0.6 is 11.6 Å². The highest BCUT2D eigenvalue weighted by Crippen LogP contribution is 2.37. The van der Waals surface area contributed by atoms with Gasteiger partial charge in [0.15, 0.2) is 11.5 Å². The number of ether oxygens (including phenoxy) is 3. The molecule has 4 aromatic rings. The Morgan fingerprint density at radius 1 is 0.796 bits per heavy atom. The van der Waals surface area contributed by atoms with E-state index >= 15 is 0 Å². The van der Waals surface area contributed by atoms with Crippen molar-refractivity contribution in [2.24, 2.45) is 0 Å². The van der Waals surface area contributed by atoms with Crippen molar-refractivity contribution in [1.29, 1.82) is 0 Å². The van der Waals surface area contributed by atoms with Gasteiger partial charge in [-0.2, -0.15) is 0 Å². The fraction of sp³-hybridized carbons (Fsp3) is 0.297. The topological polar surface area (TPSA) is 114 Å². The number of carbonyl (C=O) groups is 2. The standard InChI is InChI=1S/C37H42ClN3O7S/c1-5-6-21-39-37(43)32(22-27-13-9-7-10-14-27)40(25-28-15-11-8-12-16-28)36(42)26-41(31-23-29(38)17-19-33(31)46-2)49(44,45)30-18-20-34(47-3)35(24-30)48-4/h7-20,23-24,32H,5-6,21-22,25-26H2,1-4H3,(H,39,43)/t32-/m1/s1. The number of anilines is 1. The Morgan fingerprint density at radius 2 is 1.41 bits per heavy atom. The molecule has 0 heterocycles. The van der Waals surface area contributed by atoms with Gasteiger partial charge in [-0.25, -0.2) is 8.42 Å². The second-order valence-corrected chi connectivity index (χ2v) is 13.5. The van der Waals surface area contributed by atoms with Crippen LogP contribution in [0.2, 0.25) is 5.02 Å². The maximum absolute atomic E-state index is 14.7. The summed E-state index contributed by atoms with van der Waals surface area (Å²) < 4.78 is 46.3. The molecule has 2 amide bonds. The molecule has 0 fully saturated rings. The van der Waals surface area contributed by atoms with E-state index in [-0.39, 0.29) is 46.0 Å². The largest absolute Gasteiger partial charge is 0.495 e. The molecule has 4 aromatic carbocycles. The first-order chi connectivity index (χ1) is 23.6. The SMILES string of the molecule is CCCCNC(=O)[C@@H](Cc1ccccc1)N(Cc1ccccc1)C(=O)CN(c1cc(Cl)ccc1OC)S(=O)(=O)c1ccc(OC)c(OC)c1. The van der Waals surface area contributed by atoms with Crippen LogP contribution in [0.5, 0.6) is 17.2 Å². The predicted octanol–water partition coefficient (Wildman–Crippen LogP) is 6.12. The minimum atomic E-state index is -4.47. The summed E-state index contributed by atoms with van der Waals surface area (Å²) in [5.74, 6) is -0.256. The minimum absolute atomic E-state index is 0.0461. The molecule has 0 radical (unpaired) electrons. The normalized spacial score (nSPS) is 11.7. The summed E-state index contributed by atoms with van der Waals surface area (Å²) in [5.41, 5.74) is 1.66. The predicted molar refractivity (Wildman–Crippen MR) is 191 cm³/mol. The molecule has 0 aliphatic carbocycles. The lowest BCUT2D eigenvalue weighted by molar-refractivity contribution is -0.140. The van der Waals surface area contributed by atoms with E-state index in [1.54, 1.807) is 6.07 Å². The molecule has 0 bridgehead atoms. The van der Waals surface area contributed by atoms with E-state index in [2.05, 4.69) is 5.32 Å². The number of unbranched alkanes of at least 4 members (excludes halogenated alkanes) is 1. The molecule has 0 spiro atoms. The molecule has 0 saturated carbocycles. The number of rotatable bonds is 17. The summed E-state index contributed by atoms with van der Waals surface area (Å²) >= 11 is 6.39. The average Bonchev–Trinajstić information content (AvgIpc) is 3.12. The van der Waals surface area contributed by atoms with Gasteiger partial charge in [-0.05, 0) is 47.9 Å². The zero-order valence-corrected chi connectivity index (χ0v) is 29.7. The van der Waals surface area contributed by atoms with E-state index in [0.29, 0.717) is 12.3 Å². The Morgan fingerprint density at radius 3 is 2.02 bits per heavy atom. The van der Waals surface area contributed by atoms with Crippen molar-refractivity contribution in [2.75, 3.05) is 38.7 Å². The number of halogens is 1. The lowest BCUT2D eigenvalue weighted by Gasteiger charge is -2.34. The van der Waals surface area contributed by atoms with Crippen LogP contribution in [0.25, 0.3) is 0 Å². The lowest BCUT2D eigenvalue weighted by atomic mass is 10.0. The Labute approximate surface area is 293 Å². The van der Waals surface area contributed by atoms with E-state index in [1.807, 2.05) is 67.6 Å². The van der Waals surface area contributed by atoms with Crippen molar-refractivity contribution in [3.63, 3.8) is 0 Å². The van der Waals surface area contributed by atoms with Crippen LogP contribution in [0.4, 0.5) is 5.69 Å². The first-order valence-corrected chi connectivity index (χ1v) is 17.7. The lowest BCUT2D eigenvalue weighted by Crippen LogP contribution is -2.53. The van der Waals surface area contributed by atoms with Gasteiger partial charge in [0.1, 0.15) is 18.3 Å². The summed E-state index contributed by atoms with van der Waals surface area (Å²) in [6, 6.07) is 26.4. The third-order valence-corrected chi connectivity index (χ3v) is 9.92.